The topological polar surface area (TPSA) is 113 Å². The molecule has 0 unspecified atom stereocenters. The zero-order chi connectivity index (χ0) is 41.0. The predicted octanol–water partition coefficient (Wildman–Crippen LogP) is 11.7. The summed E-state index contributed by atoms with van der Waals surface area (Å²) in [6, 6.07) is 13.8. The maximum absolute atomic E-state index is 12.0. The second-order valence-electron chi connectivity index (χ2n) is 17.6. The second-order valence-corrected chi connectivity index (χ2v) is 17.6. The van der Waals surface area contributed by atoms with E-state index in [1.165, 1.54) is 9.91 Å². The van der Waals surface area contributed by atoms with Crippen LogP contribution in [0.15, 0.2) is 78.6 Å². The summed E-state index contributed by atoms with van der Waals surface area (Å²) in [5, 5.41) is 39.2. The number of nitrogens with two attached hydrogens (primary N) is 1. The summed E-state index contributed by atoms with van der Waals surface area (Å²) in [6.45, 7) is 33.9. The van der Waals surface area contributed by atoms with Gasteiger partial charge in [0.25, 0.3) is 0 Å². The first-order valence-electron chi connectivity index (χ1n) is 19.3. The van der Waals surface area contributed by atoms with Crippen molar-refractivity contribution < 1.29 is 10.2 Å². The number of hydrazine groups is 1. The number of hydrogen-bond donors (Lipinski definition) is 3. The summed E-state index contributed by atoms with van der Waals surface area (Å²) in [5.74, 6) is 7.53. The third-order valence-corrected chi connectivity index (χ3v) is 9.17. The van der Waals surface area contributed by atoms with Crippen LogP contribution in [0.25, 0.3) is 5.69 Å². The van der Waals surface area contributed by atoms with Gasteiger partial charge in [-0.05, 0) is 96.7 Å². The number of hydrazone groups is 1. The Balaban J connectivity index is 0.00000239. The van der Waals surface area contributed by atoms with E-state index in [2.05, 4.69) is 87.8 Å². The SMILES string of the molecule is C=CC/C(C/C=C\C)=N\N(N)c1cc(C(C)(C)CC(C)(C)C)cc(Cc2cc(C(C)(C)CC)cc(-n3nccc(C)ccc(C)n3)c2O)c1O.CC(C)C. The van der Waals surface area contributed by atoms with Gasteiger partial charge in [-0.2, -0.15) is 20.4 Å². The fourth-order valence-electron chi connectivity index (χ4n) is 6.21. The monoisotopic (exact) mass is 739 g/mol. The molecule has 0 radical (unpaired) electrons. The number of phenols is 2. The van der Waals surface area contributed by atoms with Gasteiger partial charge in [-0.3, -0.25) is 0 Å². The molecule has 0 fully saturated rings. The van der Waals surface area contributed by atoms with Crippen molar-refractivity contribution in [3.8, 4) is 17.2 Å². The molecule has 1 aromatic heterocycles. The van der Waals surface area contributed by atoms with Crippen LogP contribution in [0, 0.1) is 25.2 Å². The van der Waals surface area contributed by atoms with Gasteiger partial charge in [0.15, 0.2) is 0 Å². The molecule has 8 heteroatoms. The molecule has 296 valence electrons. The molecule has 3 rings (SSSR count). The third-order valence-electron chi connectivity index (χ3n) is 9.17. The van der Waals surface area contributed by atoms with Gasteiger partial charge in [0.05, 0.1) is 5.69 Å². The number of aryl methyl sites for hydroxylation is 2. The predicted molar refractivity (Wildman–Crippen MR) is 230 cm³/mol. The highest BCUT2D eigenvalue weighted by atomic mass is 16.3. The van der Waals surface area contributed by atoms with Crippen LogP contribution in [0.3, 0.4) is 0 Å². The number of nitrogens with zero attached hydrogens (tertiary/aromatic N) is 5. The first kappa shape index (κ1) is 45.7. The number of benzene rings is 2. The van der Waals surface area contributed by atoms with Crippen molar-refractivity contribution in [3.05, 3.63) is 107 Å². The van der Waals surface area contributed by atoms with Crippen LogP contribution in [-0.4, -0.2) is 30.9 Å². The lowest BCUT2D eigenvalue weighted by Gasteiger charge is -2.34. The van der Waals surface area contributed by atoms with E-state index < -0.39 is 0 Å². The second kappa shape index (κ2) is 19.8. The molecule has 0 atom stereocenters. The summed E-state index contributed by atoms with van der Waals surface area (Å²) in [7, 11) is 0. The maximum atomic E-state index is 12.0. The molecule has 0 saturated carbocycles. The number of allylic oxidation sites excluding steroid dienone is 3. The number of phenolic OH excluding ortho intramolecular Hbond substituents is 2. The Kier molecular flexibility index (Phi) is 16.7. The zero-order valence-corrected chi connectivity index (χ0v) is 35.9. The van der Waals surface area contributed by atoms with E-state index in [0.717, 1.165) is 46.9 Å². The Hall–Kier alpha value is -4.43. The van der Waals surface area contributed by atoms with Crippen LogP contribution >= 0.6 is 0 Å². The summed E-state index contributed by atoms with van der Waals surface area (Å²) in [4.78, 5) is 1.49. The third kappa shape index (κ3) is 13.8. The van der Waals surface area contributed by atoms with Crippen LogP contribution in [0.2, 0.25) is 0 Å². The molecule has 0 saturated heterocycles. The van der Waals surface area contributed by atoms with Gasteiger partial charge < -0.3 is 10.2 Å². The number of hydrogen-bond acceptors (Lipinski definition) is 7. The molecule has 8 nitrogen and oxygen atoms in total. The van der Waals surface area contributed by atoms with E-state index in [-0.39, 0.29) is 34.2 Å². The van der Waals surface area contributed by atoms with Gasteiger partial charge in [-0.15, -0.1) is 11.4 Å². The zero-order valence-electron chi connectivity index (χ0n) is 35.9. The Labute approximate surface area is 327 Å². The smallest absolute Gasteiger partial charge is 0.146 e. The lowest BCUT2D eigenvalue weighted by atomic mass is 9.71. The van der Waals surface area contributed by atoms with Gasteiger partial charge in [0.2, 0.25) is 0 Å². The average Bonchev–Trinajstić information content (AvgIpc) is 3.13. The first-order chi connectivity index (χ1) is 25.0. The van der Waals surface area contributed by atoms with Gasteiger partial charge in [-0.25, -0.2) is 5.84 Å². The first-order valence-corrected chi connectivity index (χ1v) is 19.3. The Bertz CT molecular complexity index is 1820. The van der Waals surface area contributed by atoms with E-state index >= 15 is 0 Å². The minimum Gasteiger partial charge on any atom is -0.505 e. The fraction of sp³-hybridized carbons (Fsp3) is 0.500. The number of aromatic hydroxyl groups is 2. The number of rotatable bonds is 13. The standard InChI is InChI=1S/C42H60N6O2.C4H10/c1-13-16-18-35(17-14-2)46-47(43)36-26-34(42(11,12)28-40(6,7)8)25-31(38(36)49)23-32-24-33(41(9,10)15-3)27-37(39(32)50)48-44-22-21-29(4)19-20-30(5)45-48;1-4(2)3/h13-14,16,19-22,24-27,49-50H,2,15,17-18,23,28,43H2,1,3-12H3;4H,1-3H3/b16-13-,20-19?,29-21?,44-22?,45-30?,46-35+;. The molecular formula is C46H70N6O2. The molecule has 1 heterocycles. The summed E-state index contributed by atoms with van der Waals surface area (Å²) in [6.07, 6.45) is 10.7. The largest absolute Gasteiger partial charge is 0.505 e. The molecule has 0 spiro atoms. The summed E-state index contributed by atoms with van der Waals surface area (Å²) < 4.78 is 0. The van der Waals surface area contributed by atoms with Crippen LogP contribution in [0.4, 0.5) is 5.69 Å². The molecule has 4 N–H and O–H groups in total. The van der Waals surface area contributed by atoms with E-state index in [0.29, 0.717) is 35.3 Å². The van der Waals surface area contributed by atoms with E-state index in [9.17, 15) is 10.2 Å². The molecule has 2 aromatic carbocycles. The van der Waals surface area contributed by atoms with Crippen molar-refractivity contribution in [3.63, 3.8) is 0 Å². The quantitative estimate of drug-likeness (QED) is 0.0696. The van der Waals surface area contributed by atoms with E-state index in [1.807, 2.05) is 75.4 Å². The highest BCUT2D eigenvalue weighted by Crippen LogP contribution is 2.43. The summed E-state index contributed by atoms with van der Waals surface area (Å²) >= 11 is 0. The van der Waals surface area contributed by atoms with Gasteiger partial charge in [-0.1, -0.05) is 113 Å². The van der Waals surface area contributed by atoms with Crippen LogP contribution in [0.5, 0.6) is 11.5 Å². The molecule has 54 heavy (non-hydrogen) atoms. The fourth-order valence-corrected chi connectivity index (χ4v) is 6.21. The average molecular weight is 739 g/mol. The number of aromatic nitrogens is 3. The Morgan fingerprint density at radius 1 is 0.907 bits per heavy atom. The Morgan fingerprint density at radius 2 is 1.50 bits per heavy atom. The van der Waals surface area contributed by atoms with Crippen molar-refractivity contribution in [2.24, 2.45) is 22.3 Å². The molecule has 0 aliphatic rings. The molecule has 0 amide bonds. The van der Waals surface area contributed by atoms with Crippen molar-refractivity contribution >= 4 is 11.4 Å². The van der Waals surface area contributed by atoms with Crippen molar-refractivity contribution in [1.29, 1.82) is 0 Å². The van der Waals surface area contributed by atoms with Gasteiger partial charge >= 0.3 is 0 Å². The normalized spacial score (nSPS) is 12.4. The van der Waals surface area contributed by atoms with Crippen molar-refractivity contribution in [2.45, 2.75) is 140 Å². The molecule has 3 aromatic rings. The minimum atomic E-state index is -0.267. The van der Waals surface area contributed by atoms with Gasteiger partial charge in [0, 0.05) is 42.3 Å². The Morgan fingerprint density at radius 3 is 2.06 bits per heavy atom. The maximum Gasteiger partial charge on any atom is 0.146 e. The molecular weight excluding hydrogens is 669 g/mol. The van der Waals surface area contributed by atoms with Crippen molar-refractivity contribution in [2.75, 3.05) is 5.12 Å². The van der Waals surface area contributed by atoms with Crippen LogP contribution in [-0.2, 0) is 17.3 Å². The van der Waals surface area contributed by atoms with Crippen LogP contribution < -0.4 is 11.0 Å². The van der Waals surface area contributed by atoms with Crippen LogP contribution in [0.1, 0.15) is 142 Å². The highest BCUT2D eigenvalue weighted by Gasteiger charge is 2.30. The van der Waals surface area contributed by atoms with E-state index in [1.54, 1.807) is 12.3 Å². The highest BCUT2D eigenvalue weighted by molar-refractivity contribution is 5.88. The molecule has 0 aliphatic heterocycles. The summed E-state index contributed by atoms with van der Waals surface area (Å²) in [5.41, 5.74) is 6.33. The van der Waals surface area contributed by atoms with Crippen molar-refractivity contribution in [1.82, 2.24) is 15.0 Å². The lowest BCUT2D eigenvalue weighted by molar-refractivity contribution is 0.284. The lowest BCUT2D eigenvalue weighted by Crippen LogP contribution is -2.29. The number of anilines is 1. The van der Waals surface area contributed by atoms with Gasteiger partial charge in [0.1, 0.15) is 22.9 Å². The van der Waals surface area contributed by atoms with E-state index in [4.69, 9.17) is 16.0 Å². The molecule has 0 bridgehead atoms. The minimum absolute atomic E-state index is 0.0111. The molecule has 0 aliphatic carbocycles.